The van der Waals surface area contributed by atoms with E-state index in [1.54, 1.807) is 24.3 Å². The molecule has 1 N–H and O–H groups in total. The van der Waals surface area contributed by atoms with Crippen molar-refractivity contribution in [1.29, 1.82) is 0 Å². The summed E-state index contributed by atoms with van der Waals surface area (Å²) in [5.41, 5.74) is -2.83. The zero-order chi connectivity index (χ0) is 34.9. The van der Waals surface area contributed by atoms with Crippen LogP contribution in [0.3, 0.4) is 0 Å². The standard InChI is InChI=1S/C32H27F9N4O3/c33-30(34,35)13-3-14-44-15-12-21(17-44)20-10-8-19(9-11-20)18-48-27-22(4-1-5-24(27)31(36,37)38)25-6-2-7-26(43-25)45-28(32(39,40)41)23(16-42-45)29(46)47/h1-2,4-11,16,21H,3,12-15,17-18H2,(H,46,47)/t21-/m1/s1. The van der Waals surface area contributed by atoms with Gasteiger partial charge in [0.05, 0.1) is 17.5 Å². The first-order chi connectivity index (χ1) is 22.5. The average Bonchev–Trinajstić information content (AvgIpc) is 3.68. The van der Waals surface area contributed by atoms with E-state index in [0.717, 1.165) is 30.2 Å². The Balaban J connectivity index is 1.37. The summed E-state index contributed by atoms with van der Waals surface area (Å²) in [6.07, 6.45) is -13.8. The SMILES string of the molecule is O=C(O)c1cnn(-c2cccc(-c3cccc(C(F)(F)F)c3OCc3ccc([C@@H]4CCN(CCCC(F)(F)F)C4)cc3)n2)c1C(F)(F)F. The number of nitrogens with zero attached hydrogens (tertiary/aromatic N) is 4. The smallest absolute Gasteiger partial charge is 0.434 e. The second kappa shape index (κ2) is 13.5. The monoisotopic (exact) mass is 686 g/mol. The van der Waals surface area contributed by atoms with E-state index in [9.17, 15) is 49.4 Å². The lowest BCUT2D eigenvalue weighted by Gasteiger charge is -2.19. The Bertz CT molecular complexity index is 1750. The van der Waals surface area contributed by atoms with Crippen LogP contribution in [0.2, 0.25) is 0 Å². The number of benzene rings is 2. The molecule has 1 fully saturated rings. The third kappa shape index (κ3) is 8.09. The van der Waals surface area contributed by atoms with Gasteiger partial charge in [0, 0.05) is 18.5 Å². The number of rotatable bonds is 10. The minimum Gasteiger partial charge on any atom is -0.488 e. The number of aromatic nitrogens is 3. The van der Waals surface area contributed by atoms with E-state index in [2.05, 4.69) is 10.1 Å². The van der Waals surface area contributed by atoms with Gasteiger partial charge in [0.2, 0.25) is 0 Å². The van der Waals surface area contributed by atoms with Crippen LogP contribution in [0, 0.1) is 0 Å². The highest BCUT2D eigenvalue weighted by atomic mass is 19.4. The van der Waals surface area contributed by atoms with Gasteiger partial charge in [-0.1, -0.05) is 36.4 Å². The predicted octanol–water partition coefficient (Wildman–Crippen LogP) is 8.38. The number of halogens is 9. The zero-order valence-corrected chi connectivity index (χ0v) is 24.8. The van der Waals surface area contributed by atoms with Gasteiger partial charge >= 0.3 is 24.5 Å². The molecule has 0 spiro atoms. The van der Waals surface area contributed by atoms with Gasteiger partial charge in [0.1, 0.15) is 17.9 Å². The van der Waals surface area contributed by atoms with Crippen molar-refractivity contribution in [3.05, 3.63) is 94.8 Å². The van der Waals surface area contributed by atoms with Crippen LogP contribution in [0.15, 0.2) is 66.9 Å². The lowest BCUT2D eigenvalue weighted by atomic mass is 9.97. The fourth-order valence-corrected chi connectivity index (χ4v) is 5.61. The summed E-state index contributed by atoms with van der Waals surface area (Å²) in [4.78, 5) is 17.5. The van der Waals surface area contributed by atoms with Crippen LogP contribution >= 0.6 is 0 Å². The first-order valence-electron chi connectivity index (χ1n) is 14.6. The normalized spacial score (nSPS) is 16.0. The van der Waals surface area contributed by atoms with E-state index in [0.29, 0.717) is 31.4 Å². The Kier molecular flexibility index (Phi) is 9.76. The van der Waals surface area contributed by atoms with Crippen molar-refractivity contribution in [3.8, 4) is 22.8 Å². The maximum absolute atomic E-state index is 14.1. The molecule has 1 aliphatic heterocycles. The van der Waals surface area contributed by atoms with Gasteiger partial charge in [-0.05, 0) is 67.2 Å². The Morgan fingerprint density at radius 1 is 0.917 bits per heavy atom. The Morgan fingerprint density at radius 3 is 2.27 bits per heavy atom. The lowest BCUT2D eigenvalue weighted by Crippen LogP contribution is -2.23. The number of para-hydroxylation sites is 1. The van der Waals surface area contributed by atoms with Crippen molar-refractivity contribution in [2.45, 2.75) is 50.3 Å². The highest BCUT2D eigenvalue weighted by molar-refractivity contribution is 5.89. The van der Waals surface area contributed by atoms with Crippen molar-refractivity contribution in [2.75, 3.05) is 19.6 Å². The molecule has 0 amide bonds. The minimum absolute atomic E-state index is 0.0111. The molecule has 256 valence electrons. The Hall–Kier alpha value is -4.60. The van der Waals surface area contributed by atoms with Gasteiger partial charge in [0.25, 0.3) is 0 Å². The summed E-state index contributed by atoms with van der Waals surface area (Å²) in [5, 5.41) is 12.7. The van der Waals surface area contributed by atoms with Crippen LogP contribution in [-0.4, -0.2) is 56.6 Å². The van der Waals surface area contributed by atoms with Crippen molar-refractivity contribution >= 4 is 5.97 Å². The van der Waals surface area contributed by atoms with Crippen LogP contribution in [0.4, 0.5) is 39.5 Å². The third-order valence-electron chi connectivity index (χ3n) is 7.86. The molecule has 0 radical (unpaired) electrons. The number of carboxylic acid groups (broad SMARTS) is 1. The van der Waals surface area contributed by atoms with E-state index in [-0.39, 0.29) is 34.9 Å². The predicted molar refractivity (Wildman–Crippen MR) is 154 cm³/mol. The van der Waals surface area contributed by atoms with Gasteiger partial charge < -0.3 is 14.7 Å². The van der Waals surface area contributed by atoms with Gasteiger partial charge in [0.15, 0.2) is 11.5 Å². The zero-order valence-electron chi connectivity index (χ0n) is 24.8. The average molecular weight is 687 g/mol. The summed E-state index contributed by atoms with van der Waals surface area (Å²) >= 11 is 0. The molecule has 2 aromatic carbocycles. The summed E-state index contributed by atoms with van der Waals surface area (Å²) < 4.78 is 127. The van der Waals surface area contributed by atoms with Gasteiger partial charge in [-0.3, -0.25) is 0 Å². The molecule has 0 saturated carbocycles. The van der Waals surface area contributed by atoms with Gasteiger partial charge in [-0.25, -0.2) is 14.5 Å². The summed E-state index contributed by atoms with van der Waals surface area (Å²) in [5.74, 6) is -2.90. The van der Waals surface area contributed by atoms with Crippen molar-refractivity contribution in [3.63, 3.8) is 0 Å². The molecule has 4 aromatic rings. The largest absolute Gasteiger partial charge is 0.488 e. The van der Waals surface area contributed by atoms with E-state index in [1.807, 2.05) is 4.90 Å². The fraction of sp³-hybridized carbons (Fsp3) is 0.344. The summed E-state index contributed by atoms with van der Waals surface area (Å²) in [6.45, 7) is 1.25. The molecule has 1 atom stereocenters. The number of pyridine rings is 1. The maximum Gasteiger partial charge on any atom is 0.434 e. The fourth-order valence-electron chi connectivity index (χ4n) is 5.61. The number of ether oxygens (including phenoxy) is 1. The highest BCUT2D eigenvalue weighted by Crippen LogP contribution is 2.42. The molecule has 7 nitrogen and oxygen atoms in total. The molecule has 0 aliphatic carbocycles. The molecule has 0 unspecified atom stereocenters. The Labute approximate surface area is 267 Å². The summed E-state index contributed by atoms with van der Waals surface area (Å²) in [7, 11) is 0. The second-order valence-corrected chi connectivity index (χ2v) is 11.2. The van der Waals surface area contributed by atoms with E-state index < -0.39 is 59.3 Å². The first kappa shape index (κ1) is 34.7. The van der Waals surface area contributed by atoms with E-state index in [1.165, 1.54) is 18.2 Å². The van der Waals surface area contributed by atoms with Crippen LogP contribution < -0.4 is 4.74 Å². The number of carboxylic acids is 1. The number of alkyl halides is 9. The van der Waals surface area contributed by atoms with Gasteiger partial charge in [-0.15, -0.1) is 0 Å². The van der Waals surface area contributed by atoms with Crippen LogP contribution in [-0.2, 0) is 19.0 Å². The molecule has 48 heavy (non-hydrogen) atoms. The first-order valence-corrected chi connectivity index (χ1v) is 14.6. The lowest BCUT2D eigenvalue weighted by molar-refractivity contribution is -0.143. The molecule has 1 saturated heterocycles. The summed E-state index contributed by atoms with van der Waals surface area (Å²) in [6, 6.07) is 13.7. The van der Waals surface area contributed by atoms with Gasteiger partial charge in [-0.2, -0.15) is 44.6 Å². The van der Waals surface area contributed by atoms with E-state index in [4.69, 9.17) is 4.74 Å². The third-order valence-corrected chi connectivity index (χ3v) is 7.86. The minimum atomic E-state index is -5.14. The topological polar surface area (TPSA) is 80.5 Å². The van der Waals surface area contributed by atoms with Crippen molar-refractivity contribution in [1.82, 2.24) is 19.7 Å². The van der Waals surface area contributed by atoms with Crippen molar-refractivity contribution < 1.29 is 54.2 Å². The van der Waals surface area contributed by atoms with Crippen LogP contribution in [0.1, 0.15) is 57.9 Å². The quantitative estimate of drug-likeness (QED) is 0.169. The number of hydrogen-bond donors (Lipinski definition) is 1. The number of aromatic carboxylic acids is 1. The molecular weight excluding hydrogens is 659 g/mol. The molecular formula is C32H27F9N4O3. The molecule has 1 aliphatic rings. The number of likely N-dealkylation sites (tertiary alicyclic amines) is 1. The van der Waals surface area contributed by atoms with E-state index >= 15 is 0 Å². The molecule has 16 heteroatoms. The van der Waals surface area contributed by atoms with Crippen molar-refractivity contribution in [2.24, 2.45) is 0 Å². The molecule has 2 aromatic heterocycles. The highest BCUT2D eigenvalue weighted by Gasteiger charge is 2.41. The number of carbonyl (C=O) groups is 1. The second-order valence-electron chi connectivity index (χ2n) is 11.2. The molecule has 5 rings (SSSR count). The Morgan fingerprint density at radius 2 is 1.62 bits per heavy atom. The van der Waals surface area contributed by atoms with Crippen LogP contribution in [0.5, 0.6) is 5.75 Å². The maximum atomic E-state index is 14.1. The molecule has 0 bridgehead atoms. The number of hydrogen-bond acceptors (Lipinski definition) is 5. The molecule has 3 heterocycles. The van der Waals surface area contributed by atoms with Crippen LogP contribution in [0.25, 0.3) is 17.1 Å².